The number of anilines is 1. The fourth-order valence-corrected chi connectivity index (χ4v) is 2.33. The number of carbonyl (C=O) groups is 2. The van der Waals surface area contributed by atoms with Gasteiger partial charge in [0.05, 0.1) is 16.3 Å². The lowest BCUT2D eigenvalue weighted by Crippen LogP contribution is -2.33. The molecule has 6 heteroatoms. The maximum atomic E-state index is 12.4. The molecule has 0 bridgehead atoms. The molecular formula is C19H21ClN2O3. The molecule has 25 heavy (non-hydrogen) atoms. The van der Waals surface area contributed by atoms with Gasteiger partial charge < -0.3 is 15.4 Å². The number of amides is 2. The summed E-state index contributed by atoms with van der Waals surface area (Å²) in [7, 11) is 0. The third-order valence-electron chi connectivity index (χ3n) is 3.36. The lowest BCUT2D eigenvalue weighted by Gasteiger charge is -2.17. The molecule has 0 aliphatic rings. The molecule has 0 aromatic heterocycles. The molecule has 0 saturated heterocycles. The molecule has 132 valence electrons. The quantitative estimate of drug-likeness (QED) is 0.821. The van der Waals surface area contributed by atoms with Crippen LogP contribution in [-0.2, 0) is 4.79 Å². The van der Waals surface area contributed by atoms with E-state index < -0.39 is 6.10 Å². The number of nitrogens with one attached hydrogen (secondary N) is 2. The van der Waals surface area contributed by atoms with Crippen LogP contribution in [0.25, 0.3) is 0 Å². The molecule has 2 amide bonds. The van der Waals surface area contributed by atoms with E-state index in [2.05, 4.69) is 10.6 Å². The van der Waals surface area contributed by atoms with Gasteiger partial charge in [0.15, 0.2) is 6.10 Å². The maximum absolute atomic E-state index is 12.4. The maximum Gasteiger partial charge on any atom is 0.265 e. The lowest BCUT2D eigenvalue weighted by molar-refractivity contribution is -0.122. The predicted molar refractivity (Wildman–Crippen MR) is 99.2 cm³/mol. The first-order valence-electron chi connectivity index (χ1n) is 8.00. The minimum atomic E-state index is -0.777. The van der Waals surface area contributed by atoms with Crippen LogP contribution in [0.4, 0.5) is 5.69 Å². The zero-order valence-electron chi connectivity index (χ0n) is 14.4. The molecular weight excluding hydrogens is 340 g/mol. The Morgan fingerprint density at radius 2 is 1.64 bits per heavy atom. The summed E-state index contributed by atoms with van der Waals surface area (Å²) in [4.78, 5) is 24.7. The fraction of sp³-hybridized carbons (Fsp3) is 0.263. The summed E-state index contributed by atoms with van der Waals surface area (Å²) in [6, 6.07) is 13.8. The Bertz CT molecular complexity index is 762. The molecule has 0 fully saturated rings. The van der Waals surface area contributed by atoms with Crippen molar-refractivity contribution in [1.82, 2.24) is 5.32 Å². The predicted octanol–water partition coefficient (Wildman–Crippen LogP) is 3.88. The highest BCUT2D eigenvalue weighted by atomic mass is 35.5. The molecule has 1 unspecified atom stereocenters. The van der Waals surface area contributed by atoms with Crippen molar-refractivity contribution in [2.45, 2.75) is 32.9 Å². The molecule has 5 nitrogen and oxygen atoms in total. The average Bonchev–Trinajstić information content (AvgIpc) is 2.56. The molecule has 2 aromatic carbocycles. The summed E-state index contributed by atoms with van der Waals surface area (Å²) >= 11 is 6.04. The van der Waals surface area contributed by atoms with Crippen LogP contribution in [0.15, 0.2) is 48.5 Å². The lowest BCUT2D eigenvalue weighted by atomic mass is 10.1. The molecule has 0 aliphatic heterocycles. The zero-order chi connectivity index (χ0) is 18.4. The van der Waals surface area contributed by atoms with Gasteiger partial charge in [-0.2, -0.15) is 0 Å². The second-order valence-corrected chi connectivity index (χ2v) is 6.26. The van der Waals surface area contributed by atoms with E-state index in [0.29, 0.717) is 22.0 Å². The topological polar surface area (TPSA) is 67.4 Å². The van der Waals surface area contributed by atoms with Gasteiger partial charge in [0, 0.05) is 6.04 Å². The number of benzene rings is 2. The number of hydrogen-bond donors (Lipinski definition) is 2. The van der Waals surface area contributed by atoms with Gasteiger partial charge in [0.1, 0.15) is 5.75 Å². The Morgan fingerprint density at radius 3 is 2.32 bits per heavy atom. The Morgan fingerprint density at radius 1 is 1.00 bits per heavy atom. The van der Waals surface area contributed by atoms with Gasteiger partial charge in [-0.05, 0) is 45.0 Å². The summed E-state index contributed by atoms with van der Waals surface area (Å²) in [6.45, 7) is 5.37. The second kappa shape index (κ2) is 8.53. The molecule has 0 spiro atoms. The van der Waals surface area contributed by atoms with Crippen LogP contribution in [0.2, 0.25) is 5.02 Å². The smallest absolute Gasteiger partial charge is 0.265 e. The molecule has 2 aromatic rings. The molecule has 0 aliphatic carbocycles. The first-order valence-corrected chi connectivity index (χ1v) is 8.38. The zero-order valence-corrected chi connectivity index (χ0v) is 15.1. The van der Waals surface area contributed by atoms with Crippen molar-refractivity contribution in [3.8, 4) is 5.75 Å². The number of ether oxygens (including phenoxy) is 1. The highest BCUT2D eigenvalue weighted by Crippen LogP contribution is 2.24. The van der Waals surface area contributed by atoms with Crippen molar-refractivity contribution >= 4 is 29.1 Å². The molecule has 2 rings (SSSR count). The number of hydrogen-bond acceptors (Lipinski definition) is 3. The van der Waals surface area contributed by atoms with Crippen LogP contribution < -0.4 is 15.4 Å². The Kier molecular flexibility index (Phi) is 6.42. The Labute approximate surface area is 152 Å². The largest absolute Gasteiger partial charge is 0.479 e. The molecule has 0 radical (unpaired) electrons. The summed E-state index contributed by atoms with van der Waals surface area (Å²) in [5.41, 5.74) is 0.828. The van der Waals surface area contributed by atoms with Gasteiger partial charge in [-0.15, -0.1) is 0 Å². The van der Waals surface area contributed by atoms with E-state index in [9.17, 15) is 9.59 Å². The van der Waals surface area contributed by atoms with Crippen LogP contribution >= 0.6 is 11.6 Å². The third kappa shape index (κ3) is 5.22. The highest BCUT2D eigenvalue weighted by molar-refractivity contribution is 6.32. The van der Waals surface area contributed by atoms with Crippen LogP contribution in [-0.4, -0.2) is 24.0 Å². The van der Waals surface area contributed by atoms with Gasteiger partial charge in [0.25, 0.3) is 11.8 Å². The van der Waals surface area contributed by atoms with E-state index in [-0.39, 0.29) is 17.9 Å². The second-order valence-electron chi connectivity index (χ2n) is 5.85. The van der Waals surface area contributed by atoms with Crippen molar-refractivity contribution in [2.75, 3.05) is 5.32 Å². The van der Waals surface area contributed by atoms with Crippen LogP contribution in [0.1, 0.15) is 31.1 Å². The van der Waals surface area contributed by atoms with Gasteiger partial charge in [0.2, 0.25) is 0 Å². The van der Waals surface area contributed by atoms with Gasteiger partial charge in [-0.3, -0.25) is 9.59 Å². The fourth-order valence-electron chi connectivity index (χ4n) is 2.15. The molecule has 2 N–H and O–H groups in total. The van der Waals surface area contributed by atoms with Crippen molar-refractivity contribution in [2.24, 2.45) is 0 Å². The number of carbonyl (C=O) groups excluding carboxylic acids is 2. The van der Waals surface area contributed by atoms with Crippen LogP contribution in [0, 0.1) is 0 Å². The number of rotatable bonds is 6. The summed E-state index contributed by atoms with van der Waals surface area (Å²) in [6.07, 6.45) is -0.777. The van der Waals surface area contributed by atoms with E-state index in [1.807, 2.05) is 13.8 Å². The normalized spacial score (nSPS) is 11.7. The van der Waals surface area contributed by atoms with Crippen LogP contribution in [0.3, 0.4) is 0 Å². The van der Waals surface area contributed by atoms with E-state index in [4.69, 9.17) is 16.3 Å². The monoisotopic (exact) mass is 360 g/mol. The highest BCUT2D eigenvalue weighted by Gasteiger charge is 2.19. The first-order chi connectivity index (χ1) is 11.9. The SMILES string of the molecule is CC(C)NC(=O)c1ccccc1NC(=O)C(C)Oc1ccccc1Cl. The molecule has 0 saturated carbocycles. The summed E-state index contributed by atoms with van der Waals surface area (Å²) < 4.78 is 5.60. The van der Waals surface area contributed by atoms with Crippen molar-refractivity contribution < 1.29 is 14.3 Å². The first kappa shape index (κ1) is 18.8. The molecule has 1 atom stereocenters. The molecule has 0 heterocycles. The minimum Gasteiger partial charge on any atom is -0.479 e. The van der Waals surface area contributed by atoms with E-state index in [1.54, 1.807) is 55.5 Å². The van der Waals surface area contributed by atoms with Gasteiger partial charge in [-0.25, -0.2) is 0 Å². The van der Waals surface area contributed by atoms with E-state index >= 15 is 0 Å². The standard InChI is InChI=1S/C19H21ClN2O3/c1-12(2)21-19(24)14-8-4-6-10-16(14)22-18(23)13(3)25-17-11-7-5-9-15(17)20/h4-13H,1-3H3,(H,21,24)(H,22,23). The Balaban J connectivity index is 2.10. The third-order valence-corrected chi connectivity index (χ3v) is 3.67. The summed E-state index contributed by atoms with van der Waals surface area (Å²) in [5, 5.41) is 5.98. The average molecular weight is 361 g/mol. The van der Waals surface area contributed by atoms with Crippen molar-refractivity contribution in [3.05, 3.63) is 59.1 Å². The Hall–Kier alpha value is -2.53. The van der Waals surface area contributed by atoms with E-state index in [0.717, 1.165) is 0 Å². The van der Waals surface area contributed by atoms with Crippen LogP contribution in [0.5, 0.6) is 5.75 Å². The number of para-hydroxylation sites is 2. The van der Waals surface area contributed by atoms with Crippen molar-refractivity contribution in [3.63, 3.8) is 0 Å². The number of halogens is 1. The summed E-state index contributed by atoms with van der Waals surface area (Å²) in [5.74, 6) is -0.187. The van der Waals surface area contributed by atoms with Crippen molar-refractivity contribution in [1.29, 1.82) is 0 Å². The van der Waals surface area contributed by atoms with Gasteiger partial charge in [-0.1, -0.05) is 35.9 Å². The van der Waals surface area contributed by atoms with E-state index in [1.165, 1.54) is 0 Å². The van der Waals surface area contributed by atoms with Gasteiger partial charge >= 0.3 is 0 Å². The minimum absolute atomic E-state index is 0.00117.